The number of fused-ring (bicyclic) bond motifs is 2. The van der Waals surface area contributed by atoms with Gasteiger partial charge in [0.25, 0.3) is 0 Å². The molecule has 2 aromatic carbocycles. The van der Waals surface area contributed by atoms with Gasteiger partial charge < -0.3 is 5.73 Å². The minimum Gasteiger partial charge on any atom is -0.323 e. The maximum Gasteiger partial charge on any atom is 0.0705 e. The molecule has 0 spiro atoms. The summed E-state index contributed by atoms with van der Waals surface area (Å²) < 4.78 is 0. The molecule has 2 N–H and O–H groups in total. The van der Waals surface area contributed by atoms with Gasteiger partial charge in [-0.2, -0.15) is 0 Å². The van der Waals surface area contributed by atoms with Crippen LogP contribution >= 0.6 is 0 Å². The SMILES string of the molecule is Cc1nc2ccccc2cc1CN1Cc2ccccc2C(N)C1. The van der Waals surface area contributed by atoms with Gasteiger partial charge in [-0.25, -0.2) is 0 Å². The first-order valence-corrected chi connectivity index (χ1v) is 8.12. The van der Waals surface area contributed by atoms with Gasteiger partial charge in [0.2, 0.25) is 0 Å². The number of aromatic nitrogens is 1. The molecular formula is C20H21N3. The van der Waals surface area contributed by atoms with Crippen LogP contribution in [0.3, 0.4) is 0 Å². The van der Waals surface area contributed by atoms with Crippen LogP contribution in [0.1, 0.15) is 28.4 Å². The monoisotopic (exact) mass is 303 g/mol. The lowest BCUT2D eigenvalue weighted by Crippen LogP contribution is -2.36. The van der Waals surface area contributed by atoms with E-state index in [-0.39, 0.29) is 6.04 Å². The average molecular weight is 303 g/mol. The Morgan fingerprint density at radius 2 is 1.91 bits per heavy atom. The largest absolute Gasteiger partial charge is 0.323 e. The van der Waals surface area contributed by atoms with Gasteiger partial charge in [-0.3, -0.25) is 9.88 Å². The lowest BCUT2D eigenvalue weighted by atomic mass is 9.95. The molecule has 0 radical (unpaired) electrons. The van der Waals surface area contributed by atoms with Crippen molar-refractivity contribution in [3.8, 4) is 0 Å². The van der Waals surface area contributed by atoms with E-state index in [2.05, 4.69) is 60.4 Å². The molecule has 0 bridgehead atoms. The predicted octanol–water partition coefficient (Wildman–Crippen LogP) is 3.56. The Morgan fingerprint density at radius 1 is 1.13 bits per heavy atom. The van der Waals surface area contributed by atoms with Crippen LogP contribution in [-0.4, -0.2) is 16.4 Å². The first-order chi connectivity index (χ1) is 11.2. The number of aryl methyl sites for hydroxylation is 1. The number of para-hydroxylation sites is 1. The summed E-state index contributed by atoms with van der Waals surface area (Å²) in [5.41, 5.74) is 12.5. The van der Waals surface area contributed by atoms with Crippen LogP contribution in [0.5, 0.6) is 0 Å². The zero-order chi connectivity index (χ0) is 15.8. The smallest absolute Gasteiger partial charge is 0.0705 e. The van der Waals surface area contributed by atoms with Crippen molar-refractivity contribution < 1.29 is 0 Å². The van der Waals surface area contributed by atoms with E-state index < -0.39 is 0 Å². The Labute approximate surface area is 136 Å². The molecule has 23 heavy (non-hydrogen) atoms. The number of pyridine rings is 1. The van der Waals surface area contributed by atoms with Crippen molar-refractivity contribution in [3.05, 3.63) is 77.0 Å². The summed E-state index contributed by atoms with van der Waals surface area (Å²) in [6.07, 6.45) is 0. The molecule has 1 aromatic heterocycles. The van der Waals surface area contributed by atoms with Crippen LogP contribution in [0.15, 0.2) is 54.6 Å². The fourth-order valence-electron chi connectivity index (χ4n) is 3.50. The summed E-state index contributed by atoms with van der Waals surface area (Å²) in [7, 11) is 0. The molecule has 1 aliphatic heterocycles. The molecule has 0 saturated carbocycles. The molecular weight excluding hydrogens is 282 g/mol. The van der Waals surface area contributed by atoms with Gasteiger partial charge in [0.05, 0.1) is 5.52 Å². The van der Waals surface area contributed by atoms with Crippen LogP contribution in [0.25, 0.3) is 10.9 Å². The van der Waals surface area contributed by atoms with Gasteiger partial charge in [-0.1, -0.05) is 42.5 Å². The maximum absolute atomic E-state index is 6.36. The molecule has 0 aliphatic carbocycles. The van der Waals surface area contributed by atoms with Crippen molar-refractivity contribution >= 4 is 10.9 Å². The van der Waals surface area contributed by atoms with Crippen molar-refractivity contribution in [1.82, 2.24) is 9.88 Å². The molecule has 116 valence electrons. The van der Waals surface area contributed by atoms with Crippen molar-refractivity contribution in [2.45, 2.75) is 26.1 Å². The lowest BCUT2D eigenvalue weighted by molar-refractivity contribution is 0.222. The standard InChI is InChI=1S/C20H21N3/c1-14-17(10-15-6-3-5-9-20(15)22-14)12-23-11-16-7-2-4-8-18(16)19(21)13-23/h2-10,19H,11-13,21H2,1H3. The highest BCUT2D eigenvalue weighted by atomic mass is 15.1. The zero-order valence-corrected chi connectivity index (χ0v) is 13.4. The summed E-state index contributed by atoms with van der Waals surface area (Å²) >= 11 is 0. The maximum atomic E-state index is 6.36. The van der Waals surface area contributed by atoms with Gasteiger partial charge >= 0.3 is 0 Å². The zero-order valence-electron chi connectivity index (χ0n) is 13.4. The van der Waals surface area contributed by atoms with E-state index in [1.165, 1.54) is 22.1 Å². The molecule has 3 heteroatoms. The normalized spacial score (nSPS) is 18.1. The third-order valence-corrected chi connectivity index (χ3v) is 4.72. The average Bonchev–Trinajstić information content (AvgIpc) is 2.56. The molecule has 0 fully saturated rings. The Hall–Kier alpha value is -2.23. The van der Waals surface area contributed by atoms with Crippen LogP contribution in [-0.2, 0) is 13.1 Å². The lowest BCUT2D eigenvalue weighted by Gasteiger charge is -2.33. The number of nitrogens with two attached hydrogens (primary N) is 1. The Balaban J connectivity index is 1.63. The molecule has 2 heterocycles. The van der Waals surface area contributed by atoms with E-state index in [4.69, 9.17) is 10.7 Å². The van der Waals surface area contributed by atoms with Crippen LogP contribution in [0, 0.1) is 6.92 Å². The fourth-order valence-corrected chi connectivity index (χ4v) is 3.50. The molecule has 1 aliphatic rings. The number of rotatable bonds is 2. The van der Waals surface area contributed by atoms with E-state index in [0.29, 0.717) is 0 Å². The third kappa shape index (κ3) is 2.74. The van der Waals surface area contributed by atoms with Gasteiger partial charge in [-0.15, -0.1) is 0 Å². The topological polar surface area (TPSA) is 42.2 Å². The number of hydrogen-bond acceptors (Lipinski definition) is 3. The minimum absolute atomic E-state index is 0.0914. The molecule has 1 unspecified atom stereocenters. The van der Waals surface area contributed by atoms with Crippen molar-refractivity contribution in [2.24, 2.45) is 5.73 Å². The van der Waals surface area contributed by atoms with E-state index in [0.717, 1.165) is 30.8 Å². The van der Waals surface area contributed by atoms with E-state index in [1.54, 1.807) is 0 Å². The van der Waals surface area contributed by atoms with Gasteiger partial charge in [0, 0.05) is 36.8 Å². The quantitative estimate of drug-likeness (QED) is 0.787. The first-order valence-electron chi connectivity index (χ1n) is 8.12. The van der Waals surface area contributed by atoms with E-state index >= 15 is 0 Å². The van der Waals surface area contributed by atoms with E-state index in [9.17, 15) is 0 Å². The molecule has 1 atom stereocenters. The number of benzene rings is 2. The third-order valence-electron chi connectivity index (χ3n) is 4.72. The predicted molar refractivity (Wildman–Crippen MR) is 94.0 cm³/mol. The van der Waals surface area contributed by atoms with Crippen LogP contribution < -0.4 is 5.73 Å². The van der Waals surface area contributed by atoms with Gasteiger partial charge in [0.1, 0.15) is 0 Å². The van der Waals surface area contributed by atoms with Crippen molar-refractivity contribution in [3.63, 3.8) is 0 Å². The first kappa shape index (κ1) is 14.4. The Morgan fingerprint density at radius 3 is 2.83 bits per heavy atom. The number of hydrogen-bond donors (Lipinski definition) is 1. The molecule has 0 amide bonds. The summed E-state index contributed by atoms with van der Waals surface area (Å²) in [4.78, 5) is 7.17. The van der Waals surface area contributed by atoms with Crippen molar-refractivity contribution in [1.29, 1.82) is 0 Å². The number of nitrogens with zero attached hydrogens (tertiary/aromatic N) is 2. The summed E-state index contributed by atoms with van der Waals surface area (Å²) in [6.45, 7) is 4.84. The molecule has 3 aromatic rings. The molecule has 4 rings (SSSR count). The summed E-state index contributed by atoms with van der Waals surface area (Å²) in [5, 5.41) is 1.20. The highest BCUT2D eigenvalue weighted by molar-refractivity contribution is 5.79. The molecule has 0 saturated heterocycles. The summed E-state index contributed by atoms with van der Waals surface area (Å²) in [6, 6.07) is 19.2. The Bertz CT molecular complexity index is 856. The van der Waals surface area contributed by atoms with Gasteiger partial charge in [0.15, 0.2) is 0 Å². The van der Waals surface area contributed by atoms with Crippen LogP contribution in [0.4, 0.5) is 0 Å². The van der Waals surface area contributed by atoms with Gasteiger partial charge in [-0.05, 0) is 35.7 Å². The highest BCUT2D eigenvalue weighted by Gasteiger charge is 2.22. The Kier molecular flexibility index (Phi) is 3.60. The van der Waals surface area contributed by atoms with Crippen LogP contribution in [0.2, 0.25) is 0 Å². The summed E-state index contributed by atoms with van der Waals surface area (Å²) in [5.74, 6) is 0. The van der Waals surface area contributed by atoms with Crippen molar-refractivity contribution in [2.75, 3.05) is 6.54 Å². The van der Waals surface area contributed by atoms with E-state index in [1.807, 2.05) is 6.07 Å². The highest BCUT2D eigenvalue weighted by Crippen LogP contribution is 2.27. The molecule has 3 nitrogen and oxygen atoms in total. The second-order valence-electron chi connectivity index (χ2n) is 6.40. The second kappa shape index (κ2) is 5.76. The second-order valence-corrected chi connectivity index (χ2v) is 6.40. The fraction of sp³-hybridized carbons (Fsp3) is 0.250. The minimum atomic E-state index is 0.0914.